The number of anilines is 1. The van der Waals surface area contributed by atoms with Crippen LogP contribution in [0.2, 0.25) is 0 Å². The van der Waals surface area contributed by atoms with E-state index in [2.05, 4.69) is 37.2 Å². The molecule has 0 radical (unpaired) electrons. The van der Waals surface area contributed by atoms with Gasteiger partial charge in [-0.3, -0.25) is 0 Å². The van der Waals surface area contributed by atoms with Gasteiger partial charge in [0.15, 0.2) is 0 Å². The lowest BCUT2D eigenvalue weighted by molar-refractivity contribution is 0.412. The number of furan rings is 1. The molecule has 0 atom stereocenters. The van der Waals surface area contributed by atoms with Crippen LogP contribution >= 0.6 is 31.9 Å². The second-order valence-electron chi connectivity index (χ2n) is 3.40. The molecule has 2 aromatic rings. The van der Waals surface area contributed by atoms with Crippen molar-refractivity contribution in [2.45, 2.75) is 6.54 Å². The second-order valence-corrected chi connectivity index (χ2v) is 5.11. The fraction of sp³-hybridized carbons (Fsp3) is 0.167. The smallest absolute Gasteiger partial charge is 0.135 e. The van der Waals surface area contributed by atoms with Crippen molar-refractivity contribution in [1.82, 2.24) is 0 Å². The van der Waals surface area contributed by atoms with Gasteiger partial charge in [-0.15, -0.1) is 0 Å². The SMILES string of the molecule is COc1cc(NCc2ccco2)c(Br)cc1Br. The van der Waals surface area contributed by atoms with Crippen LogP contribution in [0.5, 0.6) is 5.75 Å². The Morgan fingerprint density at radius 3 is 2.76 bits per heavy atom. The van der Waals surface area contributed by atoms with E-state index in [1.807, 2.05) is 24.3 Å². The molecule has 1 aromatic heterocycles. The van der Waals surface area contributed by atoms with Crippen molar-refractivity contribution in [3.05, 3.63) is 45.2 Å². The van der Waals surface area contributed by atoms with Crippen LogP contribution in [-0.2, 0) is 6.54 Å². The van der Waals surface area contributed by atoms with Crippen LogP contribution in [0.4, 0.5) is 5.69 Å². The zero-order valence-electron chi connectivity index (χ0n) is 9.17. The van der Waals surface area contributed by atoms with Gasteiger partial charge in [-0.1, -0.05) is 0 Å². The molecule has 0 bridgehead atoms. The van der Waals surface area contributed by atoms with E-state index in [0.29, 0.717) is 6.54 Å². The van der Waals surface area contributed by atoms with E-state index >= 15 is 0 Å². The lowest BCUT2D eigenvalue weighted by Gasteiger charge is -2.10. The first-order valence-corrected chi connectivity index (χ1v) is 6.58. The minimum Gasteiger partial charge on any atom is -0.495 e. The summed E-state index contributed by atoms with van der Waals surface area (Å²) in [6.45, 7) is 0.635. The van der Waals surface area contributed by atoms with Crippen molar-refractivity contribution in [2.75, 3.05) is 12.4 Å². The van der Waals surface area contributed by atoms with E-state index in [1.54, 1.807) is 13.4 Å². The number of hydrogen-bond donors (Lipinski definition) is 1. The maximum Gasteiger partial charge on any atom is 0.135 e. The van der Waals surface area contributed by atoms with E-state index in [4.69, 9.17) is 9.15 Å². The lowest BCUT2D eigenvalue weighted by atomic mass is 10.3. The molecule has 0 amide bonds. The Kier molecular flexibility index (Phi) is 4.12. The lowest BCUT2D eigenvalue weighted by Crippen LogP contribution is -1.99. The van der Waals surface area contributed by atoms with Crippen LogP contribution in [0, 0.1) is 0 Å². The maximum atomic E-state index is 5.26. The molecular formula is C12H11Br2NO2. The number of halogens is 2. The third-order valence-corrected chi connectivity index (χ3v) is 3.55. The minimum absolute atomic E-state index is 0.635. The molecule has 2 rings (SSSR count). The van der Waals surface area contributed by atoms with Gasteiger partial charge < -0.3 is 14.5 Å². The predicted molar refractivity (Wildman–Crippen MR) is 74.4 cm³/mol. The molecular weight excluding hydrogens is 350 g/mol. The first-order chi connectivity index (χ1) is 8.20. The number of nitrogens with one attached hydrogen (secondary N) is 1. The highest BCUT2D eigenvalue weighted by Crippen LogP contribution is 2.34. The summed E-state index contributed by atoms with van der Waals surface area (Å²) in [4.78, 5) is 0. The summed E-state index contributed by atoms with van der Waals surface area (Å²) in [6.07, 6.45) is 1.66. The molecule has 0 aliphatic rings. The Balaban J connectivity index is 2.15. The number of ether oxygens (including phenoxy) is 1. The Bertz CT molecular complexity index is 497. The molecule has 5 heteroatoms. The van der Waals surface area contributed by atoms with Crippen molar-refractivity contribution < 1.29 is 9.15 Å². The molecule has 0 spiro atoms. The highest BCUT2D eigenvalue weighted by Gasteiger charge is 2.07. The zero-order valence-corrected chi connectivity index (χ0v) is 12.3. The number of benzene rings is 1. The van der Waals surface area contributed by atoms with Crippen LogP contribution in [0.3, 0.4) is 0 Å². The number of methoxy groups -OCH3 is 1. The molecule has 3 nitrogen and oxygen atoms in total. The fourth-order valence-electron chi connectivity index (χ4n) is 1.42. The number of rotatable bonds is 4. The standard InChI is InChI=1S/C12H11Br2NO2/c1-16-12-6-11(9(13)5-10(12)14)15-7-8-3-2-4-17-8/h2-6,15H,7H2,1H3. The normalized spacial score (nSPS) is 10.3. The monoisotopic (exact) mass is 359 g/mol. The molecule has 17 heavy (non-hydrogen) atoms. The van der Waals surface area contributed by atoms with E-state index in [-0.39, 0.29) is 0 Å². The summed E-state index contributed by atoms with van der Waals surface area (Å²) in [5, 5.41) is 3.28. The van der Waals surface area contributed by atoms with Crippen LogP contribution in [0.15, 0.2) is 43.9 Å². The van der Waals surface area contributed by atoms with Crippen LogP contribution < -0.4 is 10.1 Å². The second kappa shape index (κ2) is 5.60. The summed E-state index contributed by atoms with van der Waals surface area (Å²) in [6, 6.07) is 7.67. The fourth-order valence-corrected chi connectivity index (χ4v) is 2.71. The third-order valence-electron chi connectivity index (χ3n) is 2.27. The molecule has 1 aromatic carbocycles. The van der Waals surface area contributed by atoms with E-state index in [1.165, 1.54) is 0 Å². The average Bonchev–Trinajstić information content (AvgIpc) is 2.81. The Hall–Kier alpha value is -0.940. The van der Waals surface area contributed by atoms with Gasteiger partial charge in [-0.2, -0.15) is 0 Å². The topological polar surface area (TPSA) is 34.4 Å². The van der Waals surface area contributed by atoms with Gasteiger partial charge >= 0.3 is 0 Å². The van der Waals surface area contributed by atoms with Gasteiger partial charge in [0.25, 0.3) is 0 Å². The van der Waals surface area contributed by atoms with Gasteiger partial charge in [0.2, 0.25) is 0 Å². The molecule has 0 fully saturated rings. The van der Waals surface area contributed by atoms with Crippen LogP contribution in [0.1, 0.15) is 5.76 Å². The van der Waals surface area contributed by atoms with Crippen molar-refractivity contribution in [2.24, 2.45) is 0 Å². The summed E-state index contributed by atoms with van der Waals surface area (Å²) >= 11 is 6.93. The van der Waals surface area contributed by atoms with E-state index < -0.39 is 0 Å². The highest BCUT2D eigenvalue weighted by molar-refractivity contribution is 9.11. The minimum atomic E-state index is 0.635. The maximum absolute atomic E-state index is 5.26. The summed E-state index contributed by atoms with van der Waals surface area (Å²) in [5.74, 6) is 1.67. The predicted octanol–water partition coefficient (Wildman–Crippen LogP) is 4.43. The van der Waals surface area contributed by atoms with Gasteiger partial charge in [0.1, 0.15) is 11.5 Å². The van der Waals surface area contributed by atoms with Gasteiger partial charge in [-0.05, 0) is 50.1 Å². The van der Waals surface area contributed by atoms with Gasteiger partial charge in [0, 0.05) is 10.5 Å². The molecule has 1 heterocycles. The average molecular weight is 361 g/mol. The summed E-state index contributed by atoms with van der Waals surface area (Å²) in [5.41, 5.74) is 0.960. The van der Waals surface area contributed by atoms with E-state index in [0.717, 1.165) is 26.1 Å². The van der Waals surface area contributed by atoms with Crippen LogP contribution in [0.25, 0.3) is 0 Å². The molecule has 0 aliphatic carbocycles. The molecule has 1 N–H and O–H groups in total. The summed E-state index contributed by atoms with van der Waals surface area (Å²) in [7, 11) is 1.64. The first kappa shape index (κ1) is 12.5. The van der Waals surface area contributed by atoms with Crippen molar-refractivity contribution in [3.8, 4) is 5.75 Å². The Morgan fingerprint density at radius 1 is 1.29 bits per heavy atom. The highest BCUT2D eigenvalue weighted by atomic mass is 79.9. The quantitative estimate of drug-likeness (QED) is 0.875. The van der Waals surface area contributed by atoms with Crippen molar-refractivity contribution in [3.63, 3.8) is 0 Å². The molecule has 0 saturated heterocycles. The number of hydrogen-bond acceptors (Lipinski definition) is 3. The summed E-state index contributed by atoms with van der Waals surface area (Å²) < 4.78 is 12.4. The van der Waals surface area contributed by atoms with Gasteiger partial charge in [-0.25, -0.2) is 0 Å². The third kappa shape index (κ3) is 3.04. The van der Waals surface area contributed by atoms with Crippen molar-refractivity contribution >= 4 is 37.5 Å². The molecule has 90 valence electrons. The largest absolute Gasteiger partial charge is 0.495 e. The zero-order chi connectivity index (χ0) is 12.3. The molecule has 0 aliphatic heterocycles. The Morgan fingerprint density at radius 2 is 2.12 bits per heavy atom. The van der Waals surface area contributed by atoms with Crippen LogP contribution in [-0.4, -0.2) is 7.11 Å². The Labute approximate surface area is 116 Å². The molecule has 0 saturated carbocycles. The van der Waals surface area contributed by atoms with Gasteiger partial charge in [0.05, 0.1) is 30.1 Å². The molecule has 0 unspecified atom stereocenters. The van der Waals surface area contributed by atoms with Crippen molar-refractivity contribution in [1.29, 1.82) is 0 Å². The van der Waals surface area contributed by atoms with E-state index in [9.17, 15) is 0 Å². The first-order valence-electron chi connectivity index (χ1n) is 5.00.